The molecule has 0 saturated carbocycles. The Labute approximate surface area is 132 Å². The molecule has 6 amide bonds. The molecule has 2 fully saturated rings. The fraction of sp³-hybridized carbons (Fsp3) is 0.333. The van der Waals surface area contributed by atoms with Crippen LogP contribution < -0.4 is 10.2 Å². The number of anilines is 1. The van der Waals surface area contributed by atoms with E-state index in [1.165, 1.54) is 4.90 Å². The summed E-state index contributed by atoms with van der Waals surface area (Å²) in [7, 11) is 0. The van der Waals surface area contributed by atoms with E-state index in [9.17, 15) is 19.2 Å². The summed E-state index contributed by atoms with van der Waals surface area (Å²) in [5.74, 6) is -1.02. The van der Waals surface area contributed by atoms with E-state index >= 15 is 0 Å². The highest BCUT2D eigenvalue weighted by Gasteiger charge is 2.45. The Kier molecular flexibility index (Phi) is 3.73. The topological polar surface area (TPSA) is 90.0 Å². The minimum atomic E-state index is -0.690. The van der Waals surface area contributed by atoms with Gasteiger partial charge in [0, 0.05) is 18.8 Å². The van der Waals surface area contributed by atoms with E-state index in [0.717, 1.165) is 9.80 Å². The molecule has 1 aromatic carbocycles. The quantitative estimate of drug-likeness (QED) is 0.817. The number of para-hydroxylation sites is 1. The fourth-order valence-electron chi connectivity index (χ4n) is 2.72. The monoisotopic (exact) mass is 316 g/mol. The van der Waals surface area contributed by atoms with Gasteiger partial charge in [-0.15, -0.1) is 0 Å². The Balaban J connectivity index is 1.78. The lowest BCUT2D eigenvalue weighted by Gasteiger charge is -2.20. The summed E-state index contributed by atoms with van der Waals surface area (Å²) in [6.45, 7) is 1.80. The molecule has 1 atom stereocenters. The first kappa shape index (κ1) is 15.0. The molecule has 1 N–H and O–H groups in total. The molecule has 0 spiro atoms. The second-order valence-electron chi connectivity index (χ2n) is 5.37. The van der Waals surface area contributed by atoms with Gasteiger partial charge < -0.3 is 5.32 Å². The SMILES string of the molecule is C[C@H]1C(=O)N(CC(=O)N2CCNC2=O)C(=O)N1c1ccccc1. The molecule has 8 nitrogen and oxygen atoms in total. The van der Waals surface area contributed by atoms with Gasteiger partial charge in [0.25, 0.3) is 11.8 Å². The summed E-state index contributed by atoms with van der Waals surface area (Å²) in [6.07, 6.45) is 0. The number of imide groups is 2. The molecule has 120 valence electrons. The molecule has 0 aliphatic carbocycles. The number of carbonyl (C=O) groups excluding carboxylic acids is 4. The van der Waals surface area contributed by atoms with Gasteiger partial charge in [0.05, 0.1) is 0 Å². The van der Waals surface area contributed by atoms with Gasteiger partial charge in [-0.1, -0.05) is 18.2 Å². The van der Waals surface area contributed by atoms with E-state index in [0.29, 0.717) is 12.2 Å². The molecule has 2 saturated heterocycles. The summed E-state index contributed by atoms with van der Waals surface area (Å²) in [5.41, 5.74) is 0.590. The molecule has 2 heterocycles. The minimum Gasteiger partial charge on any atom is -0.336 e. The van der Waals surface area contributed by atoms with Gasteiger partial charge in [-0.05, 0) is 19.1 Å². The molecule has 0 unspecified atom stereocenters. The normalized spacial score (nSPS) is 21.2. The number of nitrogens with one attached hydrogen (secondary N) is 1. The number of benzene rings is 1. The van der Waals surface area contributed by atoms with Gasteiger partial charge in [0.2, 0.25) is 0 Å². The van der Waals surface area contributed by atoms with Gasteiger partial charge in [0.1, 0.15) is 12.6 Å². The van der Waals surface area contributed by atoms with Crippen LogP contribution in [0.4, 0.5) is 15.3 Å². The summed E-state index contributed by atoms with van der Waals surface area (Å²) < 4.78 is 0. The number of carbonyl (C=O) groups is 4. The van der Waals surface area contributed by atoms with Crippen LogP contribution in [0.1, 0.15) is 6.92 Å². The maximum atomic E-state index is 12.5. The van der Waals surface area contributed by atoms with Crippen molar-refractivity contribution < 1.29 is 19.2 Å². The molecule has 2 aliphatic rings. The van der Waals surface area contributed by atoms with Gasteiger partial charge >= 0.3 is 12.1 Å². The van der Waals surface area contributed by atoms with E-state index in [-0.39, 0.29) is 6.54 Å². The highest BCUT2D eigenvalue weighted by atomic mass is 16.2. The van der Waals surface area contributed by atoms with Gasteiger partial charge in [-0.2, -0.15) is 0 Å². The number of nitrogens with zero attached hydrogens (tertiary/aromatic N) is 3. The van der Waals surface area contributed by atoms with Crippen molar-refractivity contribution in [3.8, 4) is 0 Å². The number of hydrogen-bond acceptors (Lipinski definition) is 4. The van der Waals surface area contributed by atoms with Crippen LogP contribution in [0.2, 0.25) is 0 Å². The third-order valence-electron chi connectivity index (χ3n) is 3.93. The first-order chi connectivity index (χ1) is 11.0. The van der Waals surface area contributed by atoms with Crippen LogP contribution >= 0.6 is 0 Å². The zero-order chi connectivity index (χ0) is 16.6. The molecule has 8 heteroatoms. The molecule has 0 radical (unpaired) electrons. The van der Waals surface area contributed by atoms with Crippen molar-refractivity contribution in [3.05, 3.63) is 30.3 Å². The maximum Gasteiger partial charge on any atom is 0.332 e. The Morgan fingerprint density at radius 1 is 1.22 bits per heavy atom. The number of rotatable bonds is 3. The lowest BCUT2D eigenvalue weighted by atomic mass is 10.2. The predicted molar refractivity (Wildman–Crippen MR) is 80.6 cm³/mol. The van der Waals surface area contributed by atoms with Crippen molar-refractivity contribution >= 4 is 29.6 Å². The summed E-state index contributed by atoms with van der Waals surface area (Å²) in [4.78, 5) is 51.7. The molecular weight excluding hydrogens is 300 g/mol. The number of amides is 6. The molecule has 3 rings (SSSR count). The van der Waals surface area contributed by atoms with E-state index in [1.807, 2.05) is 6.07 Å². The lowest BCUT2D eigenvalue weighted by molar-refractivity contribution is -0.135. The van der Waals surface area contributed by atoms with Crippen molar-refractivity contribution in [2.45, 2.75) is 13.0 Å². The Morgan fingerprint density at radius 3 is 2.52 bits per heavy atom. The molecule has 1 aromatic rings. The number of urea groups is 2. The Hall–Kier alpha value is -2.90. The Morgan fingerprint density at radius 2 is 1.91 bits per heavy atom. The second kappa shape index (κ2) is 5.71. The lowest BCUT2D eigenvalue weighted by Crippen LogP contribution is -2.44. The van der Waals surface area contributed by atoms with Crippen LogP contribution in [0, 0.1) is 0 Å². The van der Waals surface area contributed by atoms with Crippen molar-refractivity contribution in [1.82, 2.24) is 15.1 Å². The Bertz CT molecular complexity index is 675. The highest BCUT2D eigenvalue weighted by Crippen LogP contribution is 2.25. The maximum absolute atomic E-state index is 12.5. The van der Waals surface area contributed by atoms with E-state index in [1.54, 1.807) is 31.2 Å². The smallest absolute Gasteiger partial charge is 0.332 e. The van der Waals surface area contributed by atoms with Crippen LogP contribution in [-0.4, -0.2) is 59.4 Å². The summed E-state index contributed by atoms with van der Waals surface area (Å²) in [5, 5.41) is 2.51. The third-order valence-corrected chi connectivity index (χ3v) is 3.93. The summed E-state index contributed by atoms with van der Waals surface area (Å²) >= 11 is 0. The van der Waals surface area contributed by atoms with Crippen LogP contribution in [0.15, 0.2) is 30.3 Å². The van der Waals surface area contributed by atoms with Crippen molar-refractivity contribution in [2.75, 3.05) is 24.5 Å². The van der Waals surface area contributed by atoms with Crippen molar-refractivity contribution in [3.63, 3.8) is 0 Å². The third kappa shape index (κ3) is 2.52. The van der Waals surface area contributed by atoms with Crippen molar-refractivity contribution in [1.29, 1.82) is 0 Å². The molecule has 2 aliphatic heterocycles. The largest absolute Gasteiger partial charge is 0.336 e. The first-order valence-corrected chi connectivity index (χ1v) is 7.28. The van der Waals surface area contributed by atoms with E-state index in [4.69, 9.17) is 0 Å². The average Bonchev–Trinajstić information content (AvgIpc) is 3.06. The number of hydrogen-bond donors (Lipinski definition) is 1. The van der Waals surface area contributed by atoms with Crippen LogP contribution in [-0.2, 0) is 9.59 Å². The van der Waals surface area contributed by atoms with Crippen LogP contribution in [0.5, 0.6) is 0 Å². The zero-order valence-corrected chi connectivity index (χ0v) is 12.6. The zero-order valence-electron chi connectivity index (χ0n) is 12.6. The summed E-state index contributed by atoms with van der Waals surface area (Å²) in [6, 6.07) is 7.05. The average molecular weight is 316 g/mol. The van der Waals surface area contributed by atoms with Crippen LogP contribution in [0.25, 0.3) is 0 Å². The van der Waals surface area contributed by atoms with E-state index in [2.05, 4.69) is 5.32 Å². The standard InChI is InChI=1S/C15H16N4O4/c1-10-13(21)18(9-12(20)17-8-7-16-14(17)22)15(23)19(10)11-5-3-2-4-6-11/h2-6,10H,7-9H2,1H3,(H,16,22)/t10-/m0/s1. The molecule has 0 bridgehead atoms. The predicted octanol–water partition coefficient (Wildman–Crippen LogP) is 0.395. The second-order valence-corrected chi connectivity index (χ2v) is 5.37. The molecular formula is C15H16N4O4. The van der Waals surface area contributed by atoms with Crippen molar-refractivity contribution in [2.24, 2.45) is 0 Å². The van der Waals surface area contributed by atoms with Crippen LogP contribution in [0.3, 0.4) is 0 Å². The molecule has 23 heavy (non-hydrogen) atoms. The fourth-order valence-corrected chi connectivity index (χ4v) is 2.72. The minimum absolute atomic E-state index is 0.242. The first-order valence-electron chi connectivity index (χ1n) is 7.28. The van der Waals surface area contributed by atoms with E-state index < -0.39 is 36.5 Å². The molecule has 0 aromatic heterocycles. The van der Waals surface area contributed by atoms with Gasteiger partial charge in [-0.25, -0.2) is 9.59 Å². The van der Waals surface area contributed by atoms with Gasteiger partial charge in [0.15, 0.2) is 0 Å². The highest BCUT2D eigenvalue weighted by molar-refractivity contribution is 6.15. The van der Waals surface area contributed by atoms with Gasteiger partial charge in [-0.3, -0.25) is 24.3 Å².